The van der Waals surface area contributed by atoms with Crippen molar-refractivity contribution < 1.29 is 16.8 Å². The molecule has 1 radical (unpaired) electrons. The molecule has 0 aliphatic carbocycles. The zero-order valence-electron chi connectivity index (χ0n) is 28.4. The Morgan fingerprint density at radius 2 is 0.906 bits per heavy atom. The van der Waals surface area contributed by atoms with E-state index in [2.05, 4.69) is 22.1 Å². The number of nitrogens with two attached hydrogens (primary N) is 4. The van der Waals surface area contributed by atoms with Crippen LogP contribution in [-0.4, -0.2) is 19.9 Å². The summed E-state index contributed by atoms with van der Waals surface area (Å²) in [5.74, 6) is 0. The van der Waals surface area contributed by atoms with E-state index in [9.17, 15) is 0 Å². The zero-order chi connectivity index (χ0) is 35.3. The van der Waals surface area contributed by atoms with Gasteiger partial charge in [-0.05, 0) is 72.8 Å². The Bertz CT molecular complexity index is 2810. The number of H-pyrrole nitrogens is 2. The van der Waals surface area contributed by atoms with Crippen molar-refractivity contribution in [3.63, 3.8) is 0 Å². The third kappa shape index (κ3) is 5.93. The van der Waals surface area contributed by atoms with Crippen molar-refractivity contribution in [1.82, 2.24) is 19.9 Å². The molecule has 10 N–H and O–H groups in total. The van der Waals surface area contributed by atoms with E-state index in [1.54, 1.807) is 0 Å². The van der Waals surface area contributed by atoms with Crippen molar-refractivity contribution in [2.45, 2.75) is 0 Å². The van der Waals surface area contributed by atoms with Gasteiger partial charge in [-0.25, -0.2) is 9.97 Å². The first-order valence-corrected chi connectivity index (χ1v) is 17.0. The van der Waals surface area contributed by atoms with Crippen LogP contribution >= 0.6 is 0 Å². The molecule has 9 rings (SSSR count). The molecule has 0 fully saturated rings. The number of para-hydroxylation sites is 4. The van der Waals surface area contributed by atoms with Gasteiger partial charge >= 0.3 is 0 Å². The van der Waals surface area contributed by atoms with E-state index in [-0.39, 0.29) is 16.8 Å². The first-order chi connectivity index (χ1) is 25.4. The number of nitrogens with one attached hydrogen (secondary N) is 2. The predicted octanol–water partition coefficient (Wildman–Crippen LogP) is 9.40. The predicted molar refractivity (Wildman–Crippen MR) is 217 cm³/mol. The topological polar surface area (TPSA) is 161 Å². The molecule has 4 aromatic carbocycles. The standard InChI is InChI=1S/C44H34N8.Co/c45-35-13-5-1-9-30(35)34-23-29-22-27-18-17-25(49-27)21-26-19-20-28(50-26)24-39-40(31-10-2-6-14-36(31)46)41(32-11-3-7-15-37(32)47)44(52-39)42(43(34)51-29)33-12-4-8-16-38(33)48;/h1-24,49,52H,45-48H2;. The van der Waals surface area contributed by atoms with E-state index >= 15 is 0 Å². The minimum atomic E-state index is 0. The molecule has 0 amide bonds. The maximum absolute atomic E-state index is 6.90. The van der Waals surface area contributed by atoms with E-state index in [0.717, 1.165) is 83.7 Å². The van der Waals surface area contributed by atoms with Gasteiger partial charge in [0.15, 0.2) is 0 Å². The third-order valence-electron chi connectivity index (χ3n) is 9.56. The van der Waals surface area contributed by atoms with Gasteiger partial charge in [-0.3, -0.25) is 0 Å². The van der Waals surface area contributed by atoms with E-state index in [1.165, 1.54) is 0 Å². The molecular weight excluding hydrogens is 699 g/mol. The molecule has 2 aliphatic heterocycles. The molecule has 3 aromatic heterocycles. The van der Waals surface area contributed by atoms with Crippen molar-refractivity contribution in [3.05, 3.63) is 156 Å². The fraction of sp³-hybridized carbons (Fsp3) is 0. The fourth-order valence-corrected chi connectivity index (χ4v) is 7.19. The van der Waals surface area contributed by atoms with Crippen LogP contribution < -0.4 is 22.9 Å². The zero-order valence-corrected chi connectivity index (χ0v) is 29.4. The molecule has 8 nitrogen and oxygen atoms in total. The van der Waals surface area contributed by atoms with Crippen LogP contribution in [0.1, 0.15) is 28.3 Å². The van der Waals surface area contributed by atoms with Crippen LogP contribution in [0.2, 0.25) is 0 Å². The molecule has 7 aromatic rings. The van der Waals surface area contributed by atoms with Crippen molar-refractivity contribution in [3.8, 4) is 33.4 Å². The summed E-state index contributed by atoms with van der Waals surface area (Å²) in [6, 6.07) is 41.6. The van der Waals surface area contributed by atoms with Crippen molar-refractivity contribution in [2.24, 2.45) is 0 Å². The minimum Gasteiger partial charge on any atom is -0.398 e. The van der Waals surface area contributed by atoms with Gasteiger partial charge in [-0.15, -0.1) is 0 Å². The van der Waals surface area contributed by atoms with E-state index < -0.39 is 0 Å². The van der Waals surface area contributed by atoms with Crippen LogP contribution in [0.25, 0.3) is 79.2 Å². The Labute approximate surface area is 316 Å². The number of nitrogen functional groups attached to an aromatic ring is 4. The quantitative estimate of drug-likeness (QED) is 0.0988. The van der Waals surface area contributed by atoms with E-state index in [1.807, 2.05) is 133 Å². The van der Waals surface area contributed by atoms with Gasteiger partial charge in [0.05, 0.1) is 28.3 Å². The number of nitrogens with zero attached hydrogens (tertiary/aromatic N) is 2. The molecule has 0 saturated heterocycles. The summed E-state index contributed by atoms with van der Waals surface area (Å²) >= 11 is 0. The Hall–Kier alpha value is -6.81. The first-order valence-electron chi connectivity index (χ1n) is 17.0. The Morgan fingerprint density at radius 3 is 1.47 bits per heavy atom. The molecule has 9 heteroatoms. The summed E-state index contributed by atoms with van der Waals surface area (Å²) < 4.78 is 0. The van der Waals surface area contributed by atoms with Gasteiger partial charge in [0, 0.05) is 101 Å². The van der Waals surface area contributed by atoms with Crippen LogP contribution in [0.5, 0.6) is 0 Å². The fourth-order valence-electron chi connectivity index (χ4n) is 7.19. The van der Waals surface area contributed by atoms with Gasteiger partial charge < -0.3 is 32.9 Å². The molecule has 2 aliphatic rings. The maximum Gasteiger partial charge on any atom is 0.0817 e. The van der Waals surface area contributed by atoms with Gasteiger partial charge in [-0.1, -0.05) is 72.8 Å². The molecule has 259 valence electrons. The SMILES string of the molecule is Nc1ccccc1C1=Cc2cc3ccc(cc4nc(cc5[nH]c(c(-c6ccccc6N)c1n2)c(-c1ccccc1N)c5-c1ccccc1N)C=C4)[nH]3.[Co]. The molecule has 0 saturated carbocycles. The van der Waals surface area contributed by atoms with Gasteiger partial charge in [0.1, 0.15) is 0 Å². The number of benzene rings is 4. The van der Waals surface area contributed by atoms with Gasteiger partial charge in [-0.2, -0.15) is 0 Å². The van der Waals surface area contributed by atoms with Crippen LogP contribution in [0.3, 0.4) is 0 Å². The van der Waals surface area contributed by atoms with E-state index in [0.29, 0.717) is 28.4 Å². The number of fused-ring (bicyclic) bond motifs is 8. The number of rotatable bonds is 4. The third-order valence-corrected chi connectivity index (χ3v) is 9.56. The number of anilines is 4. The number of aromatic nitrogens is 4. The largest absolute Gasteiger partial charge is 0.398 e. The average molecular weight is 734 g/mol. The smallest absolute Gasteiger partial charge is 0.0817 e. The number of aromatic amines is 2. The second-order valence-corrected chi connectivity index (χ2v) is 12.9. The molecule has 5 heterocycles. The van der Waals surface area contributed by atoms with Crippen LogP contribution in [0.15, 0.2) is 127 Å². The maximum atomic E-state index is 6.90. The average Bonchev–Trinajstić information content (AvgIpc) is 3.95. The van der Waals surface area contributed by atoms with Crippen molar-refractivity contribution in [1.29, 1.82) is 0 Å². The van der Waals surface area contributed by atoms with Crippen LogP contribution in [-0.2, 0) is 16.8 Å². The Balaban J connectivity index is 0.00000400. The molecule has 0 unspecified atom stereocenters. The normalized spacial score (nSPS) is 12.0. The van der Waals surface area contributed by atoms with Crippen LogP contribution in [0.4, 0.5) is 22.7 Å². The number of hydrogen-bond acceptors (Lipinski definition) is 6. The van der Waals surface area contributed by atoms with Crippen molar-refractivity contribution >= 4 is 68.6 Å². The molecule has 0 atom stereocenters. The Kier molecular flexibility index (Phi) is 8.42. The second kappa shape index (κ2) is 13.4. The monoisotopic (exact) mass is 733 g/mol. The first kappa shape index (κ1) is 33.3. The number of hydrogen-bond donors (Lipinski definition) is 6. The molecule has 8 bridgehead atoms. The molecule has 53 heavy (non-hydrogen) atoms. The van der Waals surface area contributed by atoms with Crippen molar-refractivity contribution in [2.75, 3.05) is 22.9 Å². The van der Waals surface area contributed by atoms with Crippen LogP contribution in [0, 0.1) is 0 Å². The minimum absolute atomic E-state index is 0. The summed E-state index contributed by atoms with van der Waals surface area (Å²) in [6.07, 6.45) is 6.10. The summed E-state index contributed by atoms with van der Waals surface area (Å²) in [5, 5.41) is 0. The second-order valence-electron chi connectivity index (χ2n) is 12.9. The molecule has 0 spiro atoms. The Morgan fingerprint density at radius 1 is 0.434 bits per heavy atom. The van der Waals surface area contributed by atoms with Gasteiger partial charge in [0.25, 0.3) is 0 Å². The summed E-state index contributed by atoms with van der Waals surface area (Å²) in [7, 11) is 0. The summed E-state index contributed by atoms with van der Waals surface area (Å²) in [5.41, 5.74) is 42.9. The molecular formula is C44H34CoN8. The summed E-state index contributed by atoms with van der Waals surface area (Å²) in [6.45, 7) is 0. The summed E-state index contributed by atoms with van der Waals surface area (Å²) in [4.78, 5) is 17.7. The van der Waals surface area contributed by atoms with E-state index in [4.69, 9.17) is 32.9 Å². The van der Waals surface area contributed by atoms with Gasteiger partial charge in [0.2, 0.25) is 0 Å².